The molecule has 5 heteroatoms. The molecule has 1 N–H and O–H groups in total. The van der Waals surface area contributed by atoms with Crippen molar-refractivity contribution in [3.8, 4) is 73.2 Å². The van der Waals surface area contributed by atoms with Crippen LogP contribution >= 0.6 is 0 Å². The quantitative estimate of drug-likeness (QED) is 0.174. The zero-order chi connectivity index (χ0) is 42.7. The van der Waals surface area contributed by atoms with Crippen molar-refractivity contribution in [3.05, 3.63) is 212 Å². The van der Waals surface area contributed by atoms with E-state index < -0.39 is 0 Å². The molecule has 11 aromatic rings. The van der Waals surface area contributed by atoms with Gasteiger partial charge in [-0.05, 0) is 106 Å². The van der Waals surface area contributed by atoms with Crippen LogP contribution in [0.25, 0.3) is 100 Å². The van der Waals surface area contributed by atoms with Gasteiger partial charge < -0.3 is 9.67 Å². The molecule has 0 amide bonds. The van der Waals surface area contributed by atoms with Crippen molar-refractivity contribution in [1.29, 1.82) is 0 Å². The van der Waals surface area contributed by atoms with E-state index in [2.05, 4.69) is 182 Å². The number of phenols is 1. The predicted octanol–water partition coefficient (Wildman–Crippen LogP) is 14.9. The predicted molar refractivity (Wildman–Crippen MR) is 261 cm³/mol. The van der Waals surface area contributed by atoms with Crippen LogP contribution in [-0.4, -0.2) is 24.2 Å². The first kappa shape index (κ1) is 37.9. The van der Waals surface area contributed by atoms with E-state index in [1.165, 1.54) is 16.7 Å². The molecule has 0 spiro atoms. The molecule has 11 rings (SSSR count). The molecule has 0 saturated heterocycles. The lowest BCUT2D eigenvalue weighted by Crippen LogP contribution is -2.11. The number of phenolic OH excluding ortho intramolecular Hbond substituents is 1. The van der Waals surface area contributed by atoms with Crippen LogP contribution in [0.15, 0.2) is 206 Å². The molecule has 0 aliphatic rings. The molecule has 0 unspecified atom stereocenters. The molecule has 0 aliphatic carbocycles. The van der Waals surface area contributed by atoms with Gasteiger partial charge in [-0.15, -0.1) is 0 Å². The van der Waals surface area contributed by atoms with Gasteiger partial charge in [0.15, 0.2) is 0 Å². The molecule has 8 aromatic carbocycles. The number of hydrogen-bond acceptors (Lipinski definition) is 3. The zero-order valence-electron chi connectivity index (χ0n) is 35.4. The molecule has 63 heavy (non-hydrogen) atoms. The minimum Gasteiger partial charge on any atom is -0.507 e. The maximum Gasteiger partial charge on any atom is 0.149 e. The third-order valence-corrected chi connectivity index (χ3v) is 12.2. The summed E-state index contributed by atoms with van der Waals surface area (Å²) < 4.78 is 4.40. The van der Waals surface area contributed by atoms with Gasteiger partial charge >= 0.3 is 0 Å². The molecular weight excluding hydrogens is 769 g/mol. The third-order valence-electron chi connectivity index (χ3n) is 12.2. The first-order valence-corrected chi connectivity index (χ1v) is 21.5. The van der Waals surface area contributed by atoms with Gasteiger partial charge in [-0.2, -0.15) is 0 Å². The number of nitrogens with zero attached hydrogens (tertiary/aromatic N) is 4. The molecule has 3 aromatic heterocycles. The Morgan fingerprint density at radius 1 is 0.429 bits per heavy atom. The van der Waals surface area contributed by atoms with Crippen LogP contribution in [0.2, 0.25) is 0 Å². The average molecular weight is 813 g/mol. The van der Waals surface area contributed by atoms with Crippen LogP contribution < -0.4 is 0 Å². The van der Waals surface area contributed by atoms with Crippen molar-refractivity contribution in [2.45, 2.75) is 26.2 Å². The van der Waals surface area contributed by atoms with Gasteiger partial charge in [0.1, 0.15) is 11.6 Å². The summed E-state index contributed by atoms with van der Waals surface area (Å²) >= 11 is 0. The molecule has 0 atom stereocenters. The Balaban J connectivity index is 1.08. The lowest BCUT2D eigenvalue weighted by molar-refractivity contribution is 0.477. The van der Waals surface area contributed by atoms with Crippen LogP contribution in [0, 0.1) is 0 Å². The van der Waals surface area contributed by atoms with E-state index in [4.69, 9.17) is 9.97 Å². The van der Waals surface area contributed by atoms with Crippen LogP contribution in [0.1, 0.15) is 26.3 Å². The second-order valence-electron chi connectivity index (χ2n) is 17.3. The van der Waals surface area contributed by atoms with Crippen LogP contribution in [0.4, 0.5) is 0 Å². The van der Waals surface area contributed by atoms with Crippen molar-refractivity contribution < 1.29 is 5.11 Å². The summed E-state index contributed by atoms with van der Waals surface area (Å²) in [7, 11) is 0. The van der Waals surface area contributed by atoms with Crippen LogP contribution in [-0.2, 0) is 5.41 Å². The number of aromatic hydroxyl groups is 1. The molecule has 0 aliphatic heterocycles. The van der Waals surface area contributed by atoms with Gasteiger partial charge in [0.05, 0.1) is 33.3 Å². The molecule has 0 saturated carbocycles. The van der Waals surface area contributed by atoms with Gasteiger partial charge in [0.25, 0.3) is 0 Å². The van der Waals surface area contributed by atoms with Crippen LogP contribution in [0.5, 0.6) is 5.75 Å². The largest absolute Gasteiger partial charge is 0.507 e. The Morgan fingerprint density at radius 2 is 1.03 bits per heavy atom. The highest BCUT2D eigenvalue weighted by Gasteiger charge is 2.24. The number of para-hydroxylation sites is 4. The molecule has 0 radical (unpaired) electrons. The Morgan fingerprint density at radius 3 is 1.75 bits per heavy atom. The maximum absolute atomic E-state index is 12.1. The van der Waals surface area contributed by atoms with Gasteiger partial charge in [0, 0.05) is 45.5 Å². The van der Waals surface area contributed by atoms with Gasteiger partial charge in [-0.1, -0.05) is 148 Å². The van der Waals surface area contributed by atoms with E-state index in [1.54, 1.807) is 0 Å². The Kier molecular flexibility index (Phi) is 9.13. The van der Waals surface area contributed by atoms with E-state index in [0.717, 1.165) is 77.7 Å². The first-order chi connectivity index (χ1) is 30.8. The normalized spacial score (nSPS) is 11.8. The van der Waals surface area contributed by atoms with Crippen molar-refractivity contribution in [1.82, 2.24) is 19.1 Å². The highest BCUT2D eigenvalue weighted by Crippen LogP contribution is 2.43. The molecule has 0 bridgehead atoms. The topological polar surface area (TPSA) is 55.9 Å². The van der Waals surface area contributed by atoms with Crippen molar-refractivity contribution >= 4 is 32.8 Å². The second kappa shape index (κ2) is 15.2. The third kappa shape index (κ3) is 6.75. The monoisotopic (exact) mass is 812 g/mol. The second-order valence-corrected chi connectivity index (χ2v) is 17.3. The van der Waals surface area contributed by atoms with E-state index in [-0.39, 0.29) is 11.2 Å². The fraction of sp³-hybridized carbons (Fsp3) is 0.0690. The van der Waals surface area contributed by atoms with E-state index in [1.807, 2.05) is 54.7 Å². The zero-order valence-corrected chi connectivity index (χ0v) is 35.4. The molecule has 3 heterocycles. The summed E-state index contributed by atoms with van der Waals surface area (Å²) in [4.78, 5) is 10.5. The summed E-state index contributed by atoms with van der Waals surface area (Å²) in [6, 6.07) is 69.8. The van der Waals surface area contributed by atoms with Crippen molar-refractivity contribution in [2.75, 3.05) is 0 Å². The number of hydrogen-bond donors (Lipinski definition) is 1. The summed E-state index contributed by atoms with van der Waals surface area (Å²) in [6.07, 6.45) is 1.91. The number of fused-ring (bicyclic) bond motifs is 4. The van der Waals surface area contributed by atoms with Crippen molar-refractivity contribution in [2.24, 2.45) is 0 Å². The summed E-state index contributed by atoms with van der Waals surface area (Å²) in [6.45, 7) is 6.76. The summed E-state index contributed by atoms with van der Waals surface area (Å²) in [5.74, 6) is 0.827. The van der Waals surface area contributed by atoms with Gasteiger partial charge in [-0.25, -0.2) is 4.98 Å². The molecule has 302 valence electrons. The molecule has 0 fully saturated rings. The SMILES string of the molecule is CC(C)(C)c1cc(-c2cc(-c3ccc(-c4ccccc4)cc3)ccn2)cc(-c2cccc3c2nc(-c2cc4c5ccccc5n(-c5ccccc5)c4cc2O)n3-c2ccccc2)c1. The van der Waals surface area contributed by atoms with Crippen molar-refractivity contribution in [3.63, 3.8) is 0 Å². The van der Waals surface area contributed by atoms with Crippen LogP contribution in [0.3, 0.4) is 0 Å². The Labute approximate surface area is 366 Å². The highest BCUT2D eigenvalue weighted by molar-refractivity contribution is 6.11. The summed E-state index contributed by atoms with van der Waals surface area (Å²) in [5.41, 5.74) is 16.2. The number of rotatable bonds is 7. The van der Waals surface area contributed by atoms with Gasteiger partial charge in [0.2, 0.25) is 0 Å². The fourth-order valence-electron chi connectivity index (χ4n) is 9.01. The average Bonchev–Trinajstić information content (AvgIpc) is 3.87. The molecular formula is C58H44N4O. The number of pyridine rings is 1. The summed E-state index contributed by atoms with van der Waals surface area (Å²) in [5, 5.41) is 14.3. The standard InChI is InChI=1S/C58H44N4O/c1-58(2,3)44-33-42(32-43(34-44)51-35-41(30-31-59-51)40-28-26-39(27-29-40)38-16-7-4-8-17-38)47-23-15-25-53-56(47)60-57(62(53)46-20-11-6-12-21-46)50-36-49-48-22-13-14-24-52(48)61(54(49)37-55(50)63)45-18-9-5-10-19-45/h4-37,63H,1-3H3. The Bertz CT molecular complexity index is 3470. The number of benzene rings is 8. The Hall–Kier alpha value is -8.02. The molecule has 5 nitrogen and oxygen atoms in total. The first-order valence-electron chi connectivity index (χ1n) is 21.5. The van der Waals surface area contributed by atoms with Gasteiger partial charge in [-0.3, -0.25) is 9.55 Å². The number of imidazole rings is 1. The number of aromatic nitrogens is 4. The van der Waals surface area contributed by atoms with E-state index in [9.17, 15) is 5.11 Å². The highest BCUT2D eigenvalue weighted by atomic mass is 16.3. The van der Waals surface area contributed by atoms with E-state index >= 15 is 0 Å². The minimum atomic E-state index is -0.141. The lowest BCUT2D eigenvalue weighted by Gasteiger charge is -2.22. The lowest BCUT2D eigenvalue weighted by atomic mass is 9.83. The van der Waals surface area contributed by atoms with E-state index in [0.29, 0.717) is 11.4 Å². The fourth-order valence-corrected chi connectivity index (χ4v) is 9.01. The smallest absolute Gasteiger partial charge is 0.149 e. The maximum atomic E-state index is 12.1. The minimum absolute atomic E-state index is 0.141.